The van der Waals surface area contributed by atoms with Crippen molar-refractivity contribution in [2.75, 3.05) is 12.4 Å². The first-order valence-electron chi connectivity index (χ1n) is 8.04. The van der Waals surface area contributed by atoms with Gasteiger partial charge in [-0.05, 0) is 18.2 Å². The fraction of sp³-hybridized carbons (Fsp3) is 0.111. The van der Waals surface area contributed by atoms with Gasteiger partial charge in [-0.2, -0.15) is 0 Å². The number of nitrogens with zero attached hydrogens (tertiary/aromatic N) is 4. The molecule has 0 saturated heterocycles. The van der Waals surface area contributed by atoms with Gasteiger partial charge in [-0.25, -0.2) is 4.98 Å². The van der Waals surface area contributed by atoms with Crippen LogP contribution in [0, 0.1) is 10.1 Å². The molecule has 0 fully saturated rings. The van der Waals surface area contributed by atoms with Crippen LogP contribution in [0.1, 0.15) is 16.1 Å². The van der Waals surface area contributed by atoms with Crippen LogP contribution in [0.4, 0.5) is 11.4 Å². The Bertz CT molecular complexity index is 979. The number of rotatable bonds is 7. The molecule has 3 aromatic rings. The summed E-state index contributed by atoms with van der Waals surface area (Å²) in [6.07, 6.45) is 5.84. The Balaban J connectivity index is 1.76. The van der Waals surface area contributed by atoms with Gasteiger partial charge < -0.3 is 14.8 Å². The molecule has 0 unspecified atom stereocenters. The highest BCUT2D eigenvalue weighted by atomic mass is 16.6. The summed E-state index contributed by atoms with van der Waals surface area (Å²) in [7, 11) is 1.48. The number of nitrogens with one attached hydrogen (secondary N) is 1. The molecule has 0 atom stereocenters. The smallest absolute Gasteiger partial charge is 0.293 e. The number of carbonyl (C=O) groups excluding carboxylic acids is 1. The van der Waals surface area contributed by atoms with Gasteiger partial charge in [0.25, 0.3) is 11.6 Å². The number of pyridine rings is 1. The lowest BCUT2D eigenvalue weighted by atomic mass is 10.2. The number of benzene rings is 1. The molecule has 1 aromatic carbocycles. The predicted molar refractivity (Wildman–Crippen MR) is 98.2 cm³/mol. The number of methoxy groups -OCH3 is 1. The van der Waals surface area contributed by atoms with Crippen LogP contribution in [0.15, 0.2) is 55.1 Å². The third-order valence-electron chi connectivity index (χ3n) is 3.61. The van der Waals surface area contributed by atoms with Gasteiger partial charge in [0.2, 0.25) is 5.88 Å². The summed E-state index contributed by atoms with van der Waals surface area (Å²) < 4.78 is 10.5. The van der Waals surface area contributed by atoms with E-state index in [1.807, 2.05) is 0 Å². The molecule has 142 valence electrons. The van der Waals surface area contributed by atoms with Crippen molar-refractivity contribution in [3.8, 4) is 11.6 Å². The molecule has 10 nitrogen and oxygen atoms in total. The summed E-state index contributed by atoms with van der Waals surface area (Å²) in [5.41, 5.74) is 0.572. The first-order chi connectivity index (χ1) is 13.6. The Morgan fingerprint density at radius 2 is 2.07 bits per heavy atom. The molecule has 10 heteroatoms. The zero-order chi connectivity index (χ0) is 19.9. The topological polar surface area (TPSA) is 129 Å². The molecule has 2 aromatic heterocycles. The fourth-order valence-corrected chi connectivity index (χ4v) is 2.24. The van der Waals surface area contributed by atoms with Crippen molar-refractivity contribution >= 4 is 17.3 Å². The van der Waals surface area contributed by atoms with Crippen molar-refractivity contribution in [3.05, 3.63) is 76.5 Å². The molecule has 0 radical (unpaired) electrons. The summed E-state index contributed by atoms with van der Waals surface area (Å²) in [4.78, 5) is 35.0. The zero-order valence-electron chi connectivity index (χ0n) is 14.7. The average Bonchev–Trinajstić information content (AvgIpc) is 2.73. The molecule has 0 saturated carbocycles. The summed E-state index contributed by atoms with van der Waals surface area (Å²) >= 11 is 0. The van der Waals surface area contributed by atoms with Crippen LogP contribution in [-0.2, 0) is 6.61 Å². The van der Waals surface area contributed by atoms with E-state index in [1.165, 1.54) is 50.1 Å². The van der Waals surface area contributed by atoms with E-state index < -0.39 is 10.8 Å². The Morgan fingerprint density at radius 3 is 2.71 bits per heavy atom. The fourth-order valence-electron chi connectivity index (χ4n) is 2.24. The SMILES string of the molecule is COc1cnc(COc2ccc([N+](=O)[O-])c(NC(=O)c3cccnc3)c2)cn1. The van der Waals surface area contributed by atoms with Crippen LogP contribution in [-0.4, -0.2) is 32.9 Å². The predicted octanol–water partition coefficient (Wildman–Crippen LogP) is 2.62. The largest absolute Gasteiger partial charge is 0.487 e. The number of nitro benzene ring substituents is 1. The summed E-state index contributed by atoms with van der Waals surface area (Å²) in [5, 5.41) is 13.8. The van der Waals surface area contributed by atoms with E-state index in [2.05, 4.69) is 20.3 Å². The Labute approximate surface area is 159 Å². The molecule has 1 amide bonds. The molecular formula is C18H15N5O5. The molecule has 0 spiro atoms. The Morgan fingerprint density at radius 1 is 1.21 bits per heavy atom. The quantitative estimate of drug-likeness (QED) is 0.488. The van der Waals surface area contributed by atoms with E-state index in [1.54, 1.807) is 12.1 Å². The minimum atomic E-state index is -0.586. The lowest BCUT2D eigenvalue weighted by Crippen LogP contribution is -2.13. The van der Waals surface area contributed by atoms with Gasteiger partial charge in [-0.1, -0.05) is 0 Å². The van der Waals surface area contributed by atoms with E-state index in [-0.39, 0.29) is 23.5 Å². The monoisotopic (exact) mass is 381 g/mol. The normalized spacial score (nSPS) is 10.2. The second-order valence-electron chi connectivity index (χ2n) is 5.47. The van der Waals surface area contributed by atoms with Gasteiger partial charge in [-0.15, -0.1) is 0 Å². The number of nitro groups is 1. The molecule has 0 aliphatic carbocycles. The van der Waals surface area contributed by atoms with Crippen LogP contribution in [0.25, 0.3) is 0 Å². The molecule has 0 aliphatic heterocycles. The van der Waals surface area contributed by atoms with Crippen LogP contribution in [0.5, 0.6) is 11.6 Å². The van der Waals surface area contributed by atoms with E-state index >= 15 is 0 Å². The van der Waals surface area contributed by atoms with Crippen LogP contribution >= 0.6 is 0 Å². The number of hydrogen-bond donors (Lipinski definition) is 1. The molecular weight excluding hydrogens is 366 g/mol. The molecule has 0 aliphatic rings. The van der Waals surface area contributed by atoms with E-state index in [0.717, 1.165) is 0 Å². The number of hydrogen-bond acceptors (Lipinski definition) is 8. The van der Waals surface area contributed by atoms with Crippen molar-refractivity contribution < 1.29 is 19.2 Å². The first-order valence-corrected chi connectivity index (χ1v) is 8.04. The van der Waals surface area contributed by atoms with E-state index in [9.17, 15) is 14.9 Å². The number of anilines is 1. The molecule has 28 heavy (non-hydrogen) atoms. The van der Waals surface area contributed by atoms with Crippen molar-refractivity contribution in [3.63, 3.8) is 0 Å². The maximum absolute atomic E-state index is 12.3. The Hall–Kier alpha value is -4.08. The van der Waals surface area contributed by atoms with Gasteiger partial charge in [-0.3, -0.25) is 24.9 Å². The average molecular weight is 381 g/mol. The molecule has 0 bridgehead atoms. The van der Waals surface area contributed by atoms with Crippen LogP contribution in [0.2, 0.25) is 0 Å². The van der Waals surface area contributed by atoms with E-state index in [4.69, 9.17) is 9.47 Å². The van der Waals surface area contributed by atoms with Crippen molar-refractivity contribution in [2.24, 2.45) is 0 Å². The van der Waals surface area contributed by atoms with Crippen LogP contribution in [0.3, 0.4) is 0 Å². The van der Waals surface area contributed by atoms with Gasteiger partial charge in [0, 0.05) is 24.5 Å². The highest BCUT2D eigenvalue weighted by Gasteiger charge is 2.18. The first kappa shape index (κ1) is 18.7. The zero-order valence-corrected chi connectivity index (χ0v) is 14.7. The van der Waals surface area contributed by atoms with Crippen LogP contribution < -0.4 is 14.8 Å². The molecule has 2 heterocycles. The lowest BCUT2D eigenvalue weighted by Gasteiger charge is -2.10. The second-order valence-corrected chi connectivity index (χ2v) is 5.47. The highest BCUT2D eigenvalue weighted by molar-refractivity contribution is 6.05. The van der Waals surface area contributed by atoms with Crippen molar-refractivity contribution in [2.45, 2.75) is 6.61 Å². The maximum Gasteiger partial charge on any atom is 0.293 e. The van der Waals surface area contributed by atoms with Gasteiger partial charge in [0.05, 0.1) is 35.7 Å². The van der Waals surface area contributed by atoms with Gasteiger partial charge >= 0.3 is 0 Å². The van der Waals surface area contributed by atoms with E-state index in [0.29, 0.717) is 17.3 Å². The number of amides is 1. The van der Waals surface area contributed by atoms with Gasteiger partial charge in [0.15, 0.2) is 0 Å². The summed E-state index contributed by atoms with van der Waals surface area (Å²) in [6.45, 7) is 0.0881. The third-order valence-corrected chi connectivity index (χ3v) is 3.61. The second kappa shape index (κ2) is 8.54. The summed E-state index contributed by atoms with van der Waals surface area (Å²) in [6, 6.07) is 7.22. The standard InChI is InChI=1S/C18H15N5O5/c1-27-17-10-20-13(9-21-17)11-28-14-4-5-16(23(25)26)15(7-14)22-18(24)12-3-2-6-19-8-12/h2-10H,11H2,1H3,(H,22,24). The minimum absolute atomic E-state index is 0.0113. The minimum Gasteiger partial charge on any atom is -0.487 e. The summed E-state index contributed by atoms with van der Waals surface area (Å²) in [5.74, 6) is 0.179. The van der Waals surface area contributed by atoms with Gasteiger partial charge in [0.1, 0.15) is 18.0 Å². The maximum atomic E-state index is 12.3. The molecule has 1 N–H and O–H groups in total. The van der Waals surface area contributed by atoms with Crippen molar-refractivity contribution in [1.29, 1.82) is 0 Å². The third kappa shape index (κ3) is 4.55. The number of ether oxygens (including phenoxy) is 2. The number of aromatic nitrogens is 3. The lowest BCUT2D eigenvalue weighted by molar-refractivity contribution is -0.383. The number of carbonyl (C=O) groups is 1. The molecule has 3 rings (SSSR count). The highest BCUT2D eigenvalue weighted by Crippen LogP contribution is 2.29. The Kier molecular flexibility index (Phi) is 5.70. The van der Waals surface area contributed by atoms with Crippen molar-refractivity contribution in [1.82, 2.24) is 15.0 Å².